The van der Waals surface area contributed by atoms with Gasteiger partial charge < -0.3 is 20.1 Å². The lowest BCUT2D eigenvalue weighted by atomic mass is 10.1. The first kappa shape index (κ1) is 12.2. The number of benzene rings is 1. The molecule has 1 rings (SSSR count). The summed E-state index contributed by atoms with van der Waals surface area (Å²) in [6.07, 6.45) is 1.72. The van der Waals surface area contributed by atoms with Crippen molar-refractivity contribution in [3.63, 3.8) is 0 Å². The summed E-state index contributed by atoms with van der Waals surface area (Å²) in [5, 5.41) is 0. The lowest BCUT2D eigenvalue weighted by molar-refractivity contribution is 0.354. The fraction of sp³-hybridized carbons (Fsp3) is 0.333. The van der Waals surface area contributed by atoms with Crippen LogP contribution in [0.25, 0.3) is 6.08 Å². The molecule has 0 spiro atoms. The molecule has 1 aromatic rings. The summed E-state index contributed by atoms with van der Waals surface area (Å²) in [4.78, 5) is 1.92. The van der Waals surface area contributed by atoms with Gasteiger partial charge in [0.25, 0.3) is 0 Å². The predicted molar refractivity (Wildman–Crippen MR) is 68.4 cm³/mol. The minimum Gasteiger partial charge on any atom is -0.493 e. The van der Waals surface area contributed by atoms with Gasteiger partial charge in [-0.25, -0.2) is 0 Å². The number of nitrogens with two attached hydrogens (primary N) is 1. The fourth-order valence-electron chi connectivity index (χ4n) is 1.72. The average molecular weight is 222 g/mol. The molecule has 0 heterocycles. The van der Waals surface area contributed by atoms with Crippen molar-refractivity contribution in [2.24, 2.45) is 0 Å². The summed E-state index contributed by atoms with van der Waals surface area (Å²) in [5.74, 6) is 1.26. The quantitative estimate of drug-likeness (QED) is 0.791. The molecular weight excluding hydrogens is 204 g/mol. The van der Waals surface area contributed by atoms with Gasteiger partial charge in [-0.2, -0.15) is 0 Å². The minimum atomic E-state index is 0.612. The maximum absolute atomic E-state index is 5.97. The first-order valence-electron chi connectivity index (χ1n) is 4.91. The van der Waals surface area contributed by atoms with Crippen LogP contribution in [0, 0.1) is 0 Å². The SMILES string of the molecule is C=Cc1c(OC)c(OC)cc(N)c1N(C)C. The second-order valence-electron chi connectivity index (χ2n) is 3.56. The zero-order valence-electron chi connectivity index (χ0n) is 10.2. The van der Waals surface area contributed by atoms with Crippen molar-refractivity contribution in [2.45, 2.75) is 0 Å². The Balaban J connectivity index is 3.57. The molecule has 2 N–H and O–H groups in total. The van der Waals surface area contributed by atoms with Crippen LogP contribution in [0.5, 0.6) is 11.5 Å². The van der Waals surface area contributed by atoms with Gasteiger partial charge in [0.05, 0.1) is 25.6 Å². The Labute approximate surface area is 96.3 Å². The second-order valence-corrected chi connectivity index (χ2v) is 3.56. The lowest BCUT2D eigenvalue weighted by Crippen LogP contribution is -2.13. The third-order valence-corrected chi connectivity index (χ3v) is 2.36. The molecule has 0 saturated heterocycles. The monoisotopic (exact) mass is 222 g/mol. The molecule has 4 heteroatoms. The summed E-state index contributed by atoms with van der Waals surface area (Å²) in [6, 6.07) is 1.75. The van der Waals surface area contributed by atoms with Gasteiger partial charge in [-0.3, -0.25) is 0 Å². The van der Waals surface area contributed by atoms with Crippen LogP contribution < -0.4 is 20.1 Å². The predicted octanol–water partition coefficient (Wildman–Crippen LogP) is 1.99. The highest BCUT2D eigenvalue weighted by Gasteiger charge is 2.17. The zero-order chi connectivity index (χ0) is 12.3. The van der Waals surface area contributed by atoms with Crippen LogP contribution in [-0.2, 0) is 0 Å². The minimum absolute atomic E-state index is 0.612. The number of nitrogen functional groups attached to an aromatic ring is 1. The highest BCUT2D eigenvalue weighted by molar-refractivity contribution is 5.84. The van der Waals surface area contributed by atoms with Crippen LogP contribution in [0.15, 0.2) is 12.6 Å². The molecule has 0 aliphatic rings. The van der Waals surface area contributed by atoms with Crippen molar-refractivity contribution < 1.29 is 9.47 Å². The van der Waals surface area contributed by atoms with Crippen molar-refractivity contribution >= 4 is 17.5 Å². The molecule has 4 nitrogen and oxygen atoms in total. The van der Waals surface area contributed by atoms with E-state index in [0.29, 0.717) is 17.2 Å². The van der Waals surface area contributed by atoms with E-state index in [1.165, 1.54) is 0 Å². The summed E-state index contributed by atoms with van der Waals surface area (Å²) < 4.78 is 10.5. The van der Waals surface area contributed by atoms with E-state index < -0.39 is 0 Å². The molecule has 0 aliphatic heterocycles. The number of hydrogen-bond donors (Lipinski definition) is 1. The fourth-order valence-corrected chi connectivity index (χ4v) is 1.72. The molecule has 16 heavy (non-hydrogen) atoms. The second kappa shape index (κ2) is 4.79. The molecule has 0 bridgehead atoms. The molecule has 0 fully saturated rings. The molecule has 0 amide bonds. The van der Waals surface area contributed by atoms with Crippen LogP contribution in [0.1, 0.15) is 5.56 Å². The Bertz CT molecular complexity index is 400. The summed E-state index contributed by atoms with van der Waals surface area (Å²) in [7, 11) is 7.02. The van der Waals surface area contributed by atoms with E-state index in [0.717, 1.165) is 11.3 Å². The number of nitrogens with zero attached hydrogens (tertiary/aromatic N) is 1. The normalized spacial score (nSPS) is 9.75. The van der Waals surface area contributed by atoms with E-state index >= 15 is 0 Å². The van der Waals surface area contributed by atoms with E-state index in [9.17, 15) is 0 Å². The third kappa shape index (κ3) is 1.91. The van der Waals surface area contributed by atoms with Crippen molar-refractivity contribution in [3.05, 3.63) is 18.2 Å². The number of hydrogen-bond acceptors (Lipinski definition) is 4. The van der Waals surface area contributed by atoms with Gasteiger partial charge in [0.2, 0.25) is 0 Å². The Morgan fingerprint density at radius 3 is 2.31 bits per heavy atom. The molecule has 1 aromatic carbocycles. The standard InChI is InChI=1S/C12H18N2O2/c1-6-8-11(14(2)3)9(13)7-10(15-4)12(8)16-5/h6-7H,1,13H2,2-5H3. The van der Waals surface area contributed by atoms with Crippen LogP contribution >= 0.6 is 0 Å². The highest BCUT2D eigenvalue weighted by Crippen LogP contribution is 2.42. The zero-order valence-corrected chi connectivity index (χ0v) is 10.2. The van der Waals surface area contributed by atoms with Crippen molar-refractivity contribution in [3.8, 4) is 11.5 Å². The van der Waals surface area contributed by atoms with Gasteiger partial charge in [0.15, 0.2) is 11.5 Å². The Morgan fingerprint density at radius 2 is 1.94 bits per heavy atom. The largest absolute Gasteiger partial charge is 0.493 e. The van der Waals surface area contributed by atoms with Crippen LogP contribution in [0.4, 0.5) is 11.4 Å². The maximum Gasteiger partial charge on any atom is 0.170 e. The van der Waals surface area contributed by atoms with Crippen molar-refractivity contribution in [1.82, 2.24) is 0 Å². The molecule has 0 aliphatic carbocycles. The number of methoxy groups -OCH3 is 2. The molecule has 0 atom stereocenters. The van der Waals surface area contributed by atoms with E-state index in [1.807, 2.05) is 19.0 Å². The van der Waals surface area contributed by atoms with Gasteiger partial charge >= 0.3 is 0 Å². The third-order valence-electron chi connectivity index (χ3n) is 2.36. The Kier molecular flexibility index (Phi) is 3.66. The van der Waals surface area contributed by atoms with Gasteiger partial charge in [0, 0.05) is 25.7 Å². The summed E-state index contributed by atoms with van der Waals surface area (Å²) in [5.41, 5.74) is 8.33. The molecule has 0 aromatic heterocycles. The molecule has 0 unspecified atom stereocenters. The Hall–Kier alpha value is -1.84. The van der Waals surface area contributed by atoms with Gasteiger partial charge in [0.1, 0.15) is 0 Å². The first-order chi connectivity index (χ1) is 7.56. The molecule has 0 radical (unpaired) electrons. The number of rotatable bonds is 4. The topological polar surface area (TPSA) is 47.7 Å². The first-order valence-corrected chi connectivity index (χ1v) is 4.91. The van der Waals surface area contributed by atoms with Crippen LogP contribution in [0.2, 0.25) is 0 Å². The van der Waals surface area contributed by atoms with Crippen molar-refractivity contribution in [2.75, 3.05) is 38.9 Å². The maximum atomic E-state index is 5.97. The van der Waals surface area contributed by atoms with Gasteiger partial charge in [-0.1, -0.05) is 12.7 Å². The average Bonchev–Trinajstić information content (AvgIpc) is 2.26. The summed E-state index contributed by atoms with van der Waals surface area (Å²) in [6.45, 7) is 3.78. The summed E-state index contributed by atoms with van der Waals surface area (Å²) >= 11 is 0. The van der Waals surface area contributed by atoms with E-state index in [1.54, 1.807) is 26.4 Å². The van der Waals surface area contributed by atoms with E-state index in [4.69, 9.17) is 15.2 Å². The van der Waals surface area contributed by atoms with Crippen LogP contribution in [-0.4, -0.2) is 28.3 Å². The lowest BCUT2D eigenvalue weighted by Gasteiger charge is -2.22. The van der Waals surface area contributed by atoms with Gasteiger partial charge in [-0.05, 0) is 0 Å². The van der Waals surface area contributed by atoms with Crippen LogP contribution in [0.3, 0.4) is 0 Å². The van der Waals surface area contributed by atoms with E-state index in [2.05, 4.69) is 6.58 Å². The molecular formula is C12H18N2O2. The highest BCUT2D eigenvalue weighted by atomic mass is 16.5. The smallest absolute Gasteiger partial charge is 0.170 e. The number of anilines is 2. The van der Waals surface area contributed by atoms with Crippen molar-refractivity contribution in [1.29, 1.82) is 0 Å². The Morgan fingerprint density at radius 1 is 1.31 bits per heavy atom. The molecule has 0 saturated carbocycles. The molecule has 88 valence electrons. The van der Waals surface area contributed by atoms with E-state index in [-0.39, 0.29) is 0 Å². The van der Waals surface area contributed by atoms with Gasteiger partial charge in [-0.15, -0.1) is 0 Å². The number of ether oxygens (including phenoxy) is 2.